The minimum absolute atomic E-state index is 0.106. The highest BCUT2D eigenvalue weighted by Gasteiger charge is 2.14. The van der Waals surface area contributed by atoms with Gasteiger partial charge < -0.3 is 19.8 Å². The summed E-state index contributed by atoms with van der Waals surface area (Å²) in [4.78, 5) is 13.7. The number of nitrogens with two attached hydrogens (primary N) is 1. The minimum Gasteiger partial charge on any atom is -0.492 e. The van der Waals surface area contributed by atoms with Crippen LogP contribution in [0.25, 0.3) is 0 Å². The number of rotatable bonds is 6. The summed E-state index contributed by atoms with van der Waals surface area (Å²) in [6, 6.07) is 9.48. The van der Waals surface area contributed by atoms with Crippen LogP contribution in [0.3, 0.4) is 0 Å². The highest BCUT2D eigenvalue weighted by Crippen LogP contribution is 2.12. The van der Waals surface area contributed by atoms with Gasteiger partial charge in [0.15, 0.2) is 0 Å². The quantitative estimate of drug-likeness (QED) is 0.884. The number of hydrogen-bond donors (Lipinski definition) is 1. The Morgan fingerprint density at radius 2 is 2.05 bits per heavy atom. The third-order valence-electron chi connectivity index (χ3n) is 3.16. The summed E-state index contributed by atoms with van der Waals surface area (Å²) in [7, 11) is 1.73. The van der Waals surface area contributed by atoms with Crippen LogP contribution in [0.15, 0.2) is 41.0 Å². The Kier molecular flexibility index (Phi) is 5.00. The summed E-state index contributed by atoms with van der Waals surface area (Å²) in [6.07, 6.45) is 1.43. The first kappa shape index (κ1) is 15.1. The summed E-state index contributed by atoms with van der Waals surface area (Å²) >= 11 is 0. The molecule has 0 bridgehead atoms. The predicted octanol–water partition coefficient (Wildman–Crippen LogP) is 2.20. The van der Waals surface area contributed by atoms with E-state index in [1.54, 1.807) is 18.0 Å². The van der Waals surface area contributed by atoms with Crippen LogP contribution in [0.4, 0.5) is 0 Å². The Morgan fingerprint density at radius 3 is 2.67 bits per heavy atom. The molecule has 2 rings (SSSR count). The number of benzene rings is 1. The lowest BCUT2D eigenvalue weighted by Gasteiger charge is -2.16. The molecule has 5 nitrogen and oxygen atoms in total. The van der Waals surface area contributed by atoms with E-state index in [4.69, 9.17) is 14.9 Å². The molecule has 2 aromatic rings. The second kappa shape index (κ2) is 6.95. The van der Waals surface area contributed by atoms with Crippen molar-refractivity contribution < 1.29 is 13.9 Å². The zero-order chi connectivity index (χ0) is 15.2. The second-order valence-electron chi connectivity index (χ2n) is 4.89. The number of furan rings is 1. The number of nitrogens with zero attached hydrogens (tertiary/aromatic N) is 1. The molecule has 0 aliphatic rings. The van der Waals surface area contributed by atoms with Gasteiger partial charge in [-0.15, -0.1) is 0 Å². The van der Waals surface area contributed by atoms with Gasteiger partial charge in [-0.25, -0.2) is 0 Å². The first-order valence-electron chi connectivity index (χ1n) is 6.82. The van der Waals surface area contributed by atoms with Crippen molar-refractivity contribution in [3.05, 3.63) is 53.5 Å². The fourth-order valence-electron chi connectivity index (χ4n) is 1.86. The first-order valence-corrected chi connectivity index (χ1v) is 6.82. The van der Waals surface area contributed by atoms with Crippen molar-refractivity contribution >= 4 is 5.91 Å². The molecular weight excluding hydrogens is 268 g/mol. The first-order chi connectivity index (χ1) is 10.1. The molecular formula is C16H20N2O3. The van der Waals surface area contributed by atoms with Crippen molar-refractivity contribution in [2.24, 2.45) is 5.73 Å². The van der Waals surface area contributed by atoms with Crippen LogP contribution < -0.4 is 10.5 Å². The van der Waals surface area contributed by atoms with Crippen LogP contribution >= 0.6 is 0 Å². The number of aryl methyl sites for hydroxylation is 1. The third-order valence-corrected chi connectivity index (χ3v) is 3.16. The van der Waals surface area contributed by atoms with Crippen molar-refractivity contribution in [2.75, 3.05) is 20.2 Å². The molecule has 0 spiro atoms. The smallest absolute Gasteiger partial charge is 0.256 e. The van der Waals surface area contributed by atoms with Gasteiger partial charge in [-0.1, -0.05) is 17.7 Å². The van der Waals surface area contributed by atoms with Gasteiger partial charge in [-0.2, -0.15) is 0 Å². The molecule has 0 saturated carbocycles. The normalized spacial score (nSPS) is 10.4. The lowest BCUT2D eigenvalue weighted by Crippen LogP contribution is -2.30. The molecule has 1 heterocycles. The second-order valence-corrected chi connectivity index (χ2v) is 4.89. The predicted molar refractivity (Wildman–Crippen MR) is 80.2 cm³/mol. The van der Waals surface area contributed by atoms with E-state index in [0.29, 0.717) is 24.5 Å². The van der Waals surface area contributed by atoms with Crippen LogP contribution in [-0.4, -0.2) is 31.0 Å². The van der Waals surface area contributed by atoms with E-state index in [1.165, 1.54) is 11.8 Å². The van der Waals surface area contributed by atoms with Crippen LogP contribution in [0, 0.1) is 6.92 Å². The average Bonchev–Trinajstić information content (AvgIpc) is 2.97. The minimum atomic E-state index is -0.106. The zero-order valence-electron chi connectivity index (χ0n) is 12.3. The van der Waals surface area contributed by atoms with E-state index < -0.39 is 0 Å². The van der Waals surface area contributed by atoms with Gasteiger partial charge in [0, 0.05) is 7.05 Å². The van der Waals surface area contributed by atoms with E-state index >= 15 is 0 Å². The van der Waals surface area contributed by atoms with E-state index in [9.17, 15) is 4.79 Å². The molecule has 0 atom stereocenters. The lowest BCUT2D eigenvalue weighted by molar-refractivity contribution is 0.0773. The van der Waals surface area contributed by atoms with Gasteiger partial charge in [-0.05, 0) is 25.1 Å². The summed E-state index contributed by atoms with van der Waals surface area (Å²) in [5, 5.41) is 0. The van der Waals surface area contributed by atoms with Gasteiger partial charge in [0.05, 0.1) is 18.7 Å². The van der Waals surface area contributed by atoms with Crippen LogP contribution in [-0.2, 0) is 6.54 Å². The maximum atomic E-state index is 12.1. The Bertz CT molecular complexity index is 590. The highest BCUT2D eigenvalue weighted by atomic mass is 16.5. The van der Waals surface area contributed by atoms with Crippen molar-refractivity contribution in [2.45, 2.75) is 13.5 Å². The molecule has 0 fully saturated rings. The molecule has 0 aliphatic carbocycles. The average molecular weight is 288 g/mol. The number of ether oxygens (including phenoxy) is 1. The number of hydrogen-bond acceptors (Lipinski definition) is 4. The molecule has 112 valence electrons. The largest absolute Gasteiger partial charge is 0.492 e. The monoisotopic (exact) mass is 288 g/mol. The van der Waals surface area contributed by atoms with E-state index in [0.717, 1.165) is 5.75 Å². The van der Waals surface area contributed by atoms with Crippen LogP contribution in [0.5, 0.6) is 5.75 Å². The summed E-state index contributed by atoms with van der Waals surface area (Å²) < 4.78 is 10.8. The Balaban J connectivity index is 1.82. The molecule has 0 aliphatic heterocycles. The van der Waals surface area contributed by atoms with Crippen LogP contribution in [0.2, 0.25) is 0 Å². The maximum Gasteiger partial charge on any atom is 0.256 e. The van der Waals surface area contributed by atoms with Crippen molar-refractivity contribution in [3.8, 4) is 5.75 Å². The SMILES string of the molecule is Cc1ccc(OCCN(C)C(=O)c2coc(CN)c2)cc1. The highest BCUT2D eigenvalue weighted by molar-refractivity contribution is 5.93. The Hall–Kier alpha value is -2.27. The summed E-state index contributed by atoms with van der Waals surface area (Å²) in [5.74, 6) is 1.30. The van der Waals surface area contributed by atoms with Crippen molar-refractivity contribution in [3.63, 3.8) is 0 Å². The Labute approximate surface area is 124 Å². The van der Waals surface area contributed by atoms with Crippen molar-refractivity contribution in [1.29, 1.82) is 0 Å². The summed E-state index contributed by atoms with van der Waals surface area (Å²) in [6.45, 7) is 3.24. The fourth-order valence-corrected chi connectivity index (χ4v) is 1.86. The van der Waals surface area contributed by atoms with Gasteiger partial charge in [0.1, 0.15) is 24.4 Å². The zero-order valence-corrected chi connectivity index (χ0v) is 12.3. The van der Waals surface area contributed by atoms with E-state index in [1.807, 2.05) is 31.2 Å². The molecule has 1 aromatic heterocycles. The summed E-state index contributed by atoms with van der Waals surface area (Å²) in [5.41, 5.74) is 7.15. The third kappa shape index (κ3) is 4.10. The number of likely N-dealkylation sites (N-methyl/N-ethyl adjacent to an activating group) is 1. The lowest BCUT2D eigenvalue weighted by atomic mass is 10.2. The van der Waals surface area contributed by atoms with Gasteiger partial charge in [0.25, 0.3) is 5.91 Å². The molecule has 5 heteroatoms. The molecule has 0 unspecified atom stereocenters. The molecule has 21 heavy (non-hydrogen) atoms. The van der Waals surface area contributed by atoms with Gasteiger partial charge in [0.2, 0.25) is 0 Å². The van der Waals surface area contributed by atoms with E-state index in [-0.39, 0.29) is 12.5 Å². The van der Waals surface area contributed by atoms with E-state index in [2.05, 4.69) is 0 Å². The number of amides is 1. The fraction of sp³-hybridized carbons (Fsp3) is 0.312. The number of carbonyl (C=O) groups excluding carboxylic acids is 1. The molecule has 0 radical (unpaired) electrons. The van der Waals surface area contributed by atoms with Crippen LogP contribution in [0.1, 0.15) is 21.7 Å². The Morgan fingerprint density at radius 1 is 1.33 bits per heavy atom. The van der Waals surface area contributed by atoms with Gasteiger partial charge in [-0.3, -0.25) is 4.79 Å². The topological polar surface area (TPSA) is 68.7 Å². The molecule has 1 amide bonds. The molecule has 0 saturated heterocycles. The molecule has 2 N–H and O–H groups in total. The standard InChI is InChI=1S/C16H20N2O3/c1-12-3-5-14(6-4-12)20-8-7-18(2)16(19)13-9-15(10-17)21-11-13/h3-6,9,11H,7-8,10,17H2,1-2H3. The molecule has 1 aromatic carbocycles. The van der Waals surface area contributed by atoms with Crippen molar-refractivity contribution in [1.82, 2.24) is 4.90 Å². The number of carbonyl (C=O) groups is 1. The maximum absolute atomic E-state index is 12.1. The van der Waals surface area contributed by atoms with Gasteiger partial charge >= 0.3 is 0 Å².